The van der Waals surface area contributed by atoms with Gasteiger partial charge >= 0.3 is 19.8 Å². The Kier molecular flexibility index (Phi) is 38.6. The Labute approximate surface area is 320 Å². The molecule has 0 aromatic carbocycles. The van der Waals surface area contributed by atoms with E-state index in [-0.39, 0.29) is 19.4 Å². The van der Waals surface area contributed by atoms with Crippen LogP contribution in [0, 0.1) is 0 Å². The number of rotatable bonds is 41. The second kappa shape index (κ2) is 39.5. The molecule has 0 aliphatic rings. The zero-order chi connectivity index (χ0) is 38.2. The smallest absolute Gasteiger partial charge is 0.462 e. The number of ether oxygens (including phenoxy) is 2. The van der Waals surface area contributed by atoms with Crippen LogP contribution in [0.3, 0.4) is 0 Å². The summed E-state index contributed by atoms with van der Waals surface area (Å²) in [7, 11) is -4.75. The quantitative estimate of drug-likeness (QED) is 0.0274. The van der Waals surface area contributed by atoms with Crippen molar-refractivity contribution in [2.75, 3.05) is 13.2 Å². The molecule has 0 aliphatic carbocycles. The van der Waals surface area contributed by atoms with Crippen LogP contribution in [0.2, 0.25) is 0 Å². The van der Waals surface area contributed by atoms with Crippen molar-refractivity contribution < 1.29 is 37.9 Å². The first-order valence-corrected chi connectivity index (χ1v) is 23.5. The average Bonchev–Trinajstić information content (AvgIpc) is 3.11. The molecule has 0 unspecified atom stereocenters. The molecule has 9 heteroatoms. The van der Waals surface area contributed by atoms with E-state index in [0.717, 1.165) is 38.5 Å². The fourth-order valence-corrected chi connectivity index (χ4v) is 6.85. The van der Waals surface area contributed by atoms with E-state index in [4.69, 9.17) is 19.3 Å². The van der Waals surface area contributed by atoms with Gasteiger partial charge < -0.3 is 19.3 Å². The molecule has 0 rings (SSSR count). The summed E-state index contributed by atoms with van der Waals surface area (Å²) in [4.78, 5) is 42.9. The largest absolute Gasteiger partial charge is 0.469 e. The van der Waals surface area contributed by atoms with E-state index >= 15 is 0 Å². The first kappa shape index (κ1) is 50.8. The third kappa shape index (κ3) is 41.5. The fraction of sp³-hybridized carbons (Fsp3) is 0.907. The van der Waals surface area contributed by atoms with Gasteiger partial charge in [-0.15, -0.1) is 0 Å². The van der Waals surface area contributed by atoms with Crippen molar-refractivity contribution in [3.63, 3.8) is 0 Å². The Bertz CT molecular complexity index is 858. The maximum atomic E-state index is 12.4. The first-order chi connectivity index (χ1) is 25.3. The van der Waals surface area contributed by atoms with Gasteiger partial charge in [-0.05, 0) is 38.5 Å². The Balaban J connectivity index is 3.86. The van der Waals surface area contributed by atoms with E-state index in [1.807, 2.05) is 0 Å². The number of esters is 2. The molecular formula is C43H83O8P. The summed E-state index contributed by atoms with van der Waals surface area (Å²) < 4.78 is 26.4. The van der Waals surface area contributed by atoms with Crippen LogP contribution in [-0.2, 0) is 28.2 Å². The van der Waals surface area contributed by atoms with Crippen molar-refractivity contribution in [1.29, 1.82) is 0 Å². The Hall–Kier alpha value is -1.21. The van der Waals surface area contributed by atoms with Crippen LogP contribution in [0.5, 0.6) is 0 Å². The molecule has 0 aromatic heterocycles. The number of hydrogen-bond donors (Lipinski definition) is 2. The van der Waals surface area contributed by atoms with Crippen molar-refractivity contribution in [3.8, 4) is 0 Å². The standard InChI is InChI=1S/C43H83O8P/c1-3-5-7-9-11-13-15-17-19-20-21-22-24-26-28-30-32-34-36-38-43(45)51-41(40-50-52(46,47)48)39-49-42(44)37-35-33-31-29-27-25-23-18-16-14-12-10-8-6-4-2/h17,19,41H,3-16,18,20-40H2,1-2H3,(H2,46,47,48)/b19-17+/t41-/m1/s1. The molecule has 1 atom stereocenters. The summed E-state index contributed by atoms with van der Waals surface area (Å²) >= 11 is 0. The molecule has 8 nitrogen and oxygen atoms in total. The van der Waals surface area contributed by atoms with E-state index in [1.165, 1.54) is 161 Å². The third-order valence-electron chi connectivity index (χ3n) is 9.78. The van der Waals surface area contributed by atoms with Gasteiger partial charge in [0.25, 0.3) is 0 Å². The number of unbranched alkanes of at least 4 members (excludes halogenated alkanes) is 29. The highest BCUT2D eigenvalue weighted by Crippen LogP contribution is 2.36. The number of carbonyl (C=O) groups excluding carboxylic acids is 2. The van der Waals surface area contributed by atoms with Gasteiger partial charge in [0.15, 0.2) is 6.10 Å². The lowest BCUT2D eigenvalue weighted by Crippen LogP contribution is -2.29. The lowest BCUT2D eigenvalue weighted by molar-refractivity contribution is -0.161. The SMILES string of the molecule is CCCCCCCC/C=C/CCCCCCCCCCCC(=O)O[C@H](COC(=O)CCCCCCCCCCCCCCCCC)COP(=O)(O)O. The molecule has 308 valence electrons. The van der Waals surface area contributed by atoms with Crippen LogP contribution in [-0.4, -0.2) is 41.0 Å². The molecule has 0 aliphatic heterocycles. The van der Waals surface area contributed by atoms with Crippen molar-refractivity contribution in [3.05, 3.63) is 12.2 Å². The van der Waals surface area contributed by atoms with Crippen LogP contribution in [0.1, 0.15) is 232 Å². The van der Waals surface area contributed by atoms with Gasteiger partial charge in [0.05, 0.1) is 6.61 Å². The summed E-state index contributed by atoms with van der Waals surface area (Å²) in [6.45, 7) is 3.71. The zero-order valence-electron chi connectivity index (χ0n) is 34.0. The molecule has 0 aromatic rings. The first-order valence-electron chi connectivity index (χ1n) is 22.0. The van der Waals surface area contributed by atoms with E-state index < -0.39 is 32.5 Å². The summed E-state index contributed by atoms with van der Waals surface area (Å²) in [6.07, 6.45) is 43.6. The fourth-order valence-electron chi connectivity index (χ4n) is 6.49. The van der Waals surface area contributed by atoms with Crippen molar-refractivity contribution in [2.45, 2.75) is 238 Å². The minimum Gasteiger partial charge on any atom is -0.462 e. The topological polar surface area (TPSA) is 119 Å². The molecule has 2 N–H and O–H groups in total. The maximum absolute atomic E-state index is 12.4. The molecule has 0 fully saturated rings. The molecule has 0 radical (unpaired) electrons. The van der Waals surface area contributed by atoms with Gasteiger partial charge in [-0.1, -0.05) is 193 Å². The van der Waals surface area contributed by atoms with E-state index in [1.54, 1.807) is 0 Å². The normalized spacial score (nSPS) is 12.5. The molecule has 0 heterocycles. The van der Waals surface area contributed by atoms with Crippen LogP contribution in [0.15, 0.2) is 12.2 Å². The van der Waals surface area contributed by atoms with Crippen LogP contribution >= 0.6 is 7.82 Å². The Morgan fingerprint density at radius 3 is 1.17 bits per heavy atom. The molecule has 0 saturated heterocycles. The van der Waals surface area contributed by atoms with E-state index in [9.17, 15) is 14.2 Å². The molecule has 0 bridgehead atoms. The van der Waals surface area contributed by atoms with Crippen LogP contribution in [0.25, 0.3) is 0 Å². The monoisotopic (exact) mass is 759 g/mol. The number of allylic oxidation sites excluding steroid dienone is 2. The molecule has 52 heavy (non-hydrogen) atoms. The lowest BCUT2D eigenvalue weighted by Gasteiger charge is -2.18. The summed E-state index contributed by atoms with van der Waals surface area (Å²) in [5.74, 6) is -0.874. The van der Waals surface area contributed by atoms with Crippen LogP contribution < -0.4 is 0 Å². The van der Waals surface area contributed by atoms with Crippen molar-refractivity contribution in [1.82, 2.24) is 0 Å². The summed E-state index contributed by atoms with van der Waals surface area (Å²) in [6, 6.07) is 0. The van der Waals surface area contributed by atoms with Crippen molar-refractivity contribution >= 4 is 19.8 Å². The van der Waals surface area contributed by atoms with Gasteiger partial charge in [-0.2, -0.15) is 0 Å². The van der Waals surface area contributed by atoms with Gasteiger partial charge in [-0.3, -0.25) is 14.1 Å². The lowest BCUT2D eigenvalue weighted by atomic mass is 10.0. The van der Waals surface area contributed by atoms with Crippen molar-refractivity contribution in [2.24, 2.45) is 0 Å². The number of phosphoric acid groups is 1. The predicted octanol–water partition coefficient (Wildman–Crippen LogP) is 13.4. The number of phosphoric ester groups is 1. The Morgan fingerprint density at radius 2 is 0.808 bits per heavy atom. The average molecular weight is 759 g/mol. The predicted molar refractivity (Wildman–Crippen MR) is 216 cm³/mol. The summed E-state index contributed by atoms with van der Waals surface area (Å²) in [5.41, 5.74) is 0. The minimum absolute atomic E-state index is 0.214. The number of hydrogen-bond acceptors (Lipinski definition) is 6. The Morgan fingerprint density at radius 1 is 0.481 bits per heavy atom. The summed E-state index contributed by atoms with van der Waals surface area (Å²) in [5, 5.41) is 0. The second-order valence-electron chi connectivity index (χ2n) is 15.0. The molecule has 0 amide bonds. The third-order valence-corrected chi connectivity index (χ3v) is 10.3. The second-order valence-corrected chi connectivity index (χ2v) is 16.3. The van der Waals surface area contributed by atoms with Gasteiger partial charge in [0.2, 0.25) is 0 Å². The highest BCUT2D eigenvalue weighted by atomic mass is 31.2. The van der Waals surface area contributed by atoms with Crippen LogP contribution in [0.4, 0.5) is 0 Å². The zero-order valence-corrected chi connectivity index (χ0v) is 34.9. The molecule has 0 saturated carbocycles. The van der Waals surface area contributed by atoms with Gasteiger partial charge in [-0.25, -0.2) is 4.57 Å². The minimum atomic E-state index is -4.75. The van der Waals surface area contributed by atoms with Gasteiger partial charge in [0.1, 0.15) is 6.61 Å². The molecular weight excluding hydrogens is 675 g/mol. The number of carbonyl (C=O) groups is 2. The molecule has 0 spiro atoms. The van der Waals surface area contributed by atoms with Gasteiger partial charge in [0, 0.05) is 12.8 Å². The highest BCUT2D eigenvalue weighted by Gasteiger charge is 2.22. The highest BCUT2D eigenvalue weighted by molar-refractivity contribution is 7.46. The van der Waals surface area contributed by atoms with E-state index in [0.29, 0.717) is 6.42 Å². The maximum Gasteiger partial charge on any atom is 0.469 e. The van der Waals surface area contributed by atoms with E-state index in [2.05, 4.69) is 30.5 Å².